The molecule has 5 heteroatoms. The number of aromatic amines is 1. The molecule has 0 atom stereocenters. The molecule has 3 nitrogen and oxygen atoms in total. The zero-order chi connectivity index (χ0) is 16.7. The van der Waals surface area contributed by atoms with Crippen molar-refractivity contribution in [3.05, 3.63) is 69.8 Å². The number of rotatable bonds is 4. The Morgan fingerprint density at radius 3 is 2.50 bits per heavy atom. The predicted molar refractivity (Wildman–Crippen MR) is 97.5 cm³/mol. The van der Waals surface area contributed by atoms with Crippen LogP contribution in [0.1, 0.15) is 24.0 Å². The molecule has 1 heterocycles. The van der Waals surface area contributed by atoms with Crippen molar-refractivity contribution >= 4 is 40.0 Å². The largest absolute Gasteiger partial charge is 0.361 e. The lowest BCUT2D eigenvalue weighted by atomic mass is 9.94. The number of aromatic nitrogens is 1. The average Bonchev–Trinajstić information content (AvgIpc) is 3.28. The molecule has 3 aromatic rings. The van der Waals surface area contributed by atoms with Crippen LogP contribution in [-0.4, -0.2) is 10.9 Å². The minimum absolute atomic E-state index is 0.0679. The van der Waals surface area contributed by atoms with Crippen molar-refractivity contribution in [1.82, 2.24) is 10.3 Å². The smallest absolute Gasteiger partial charge is 0.231 e. The van der Waals surface area contributed by atoms with Gasteiger partial charge in [-0.15, -0.1) is 0 Å². The summed E-state index contributed by atoms with van der Waals surface area (Å²) >= 11 is 12.0. The molecule has 2 N–H and O–H groups in total. The molecule has 1 aliphatic carbocycles. The molecule has 0 bridgehead atoms. The summed E-state index contributed by atoms with van der Waals surface area (Å²) < 4.78 is 0. The average molecular weight is 359 g/mol. The van der Waals surface area contributed by atoms with E-state index in [1.54, 1.807) is 0 Å². The first-order valence-electron chi connectivity index (χ1n) is 7.88. The fourth-order valence-corrected chi connectivity index (χ4v) is 3.48. The third kappa shape index (κ3) is 2.68. The SMILES string of the molecule is O=C(NCc1ccc(Cl)cc1)C1(c2c[nH]c3ccc(Cl)cc23)CC1. The van der Waals surface area contributed by atoms with Crippen LogP contribution in [0, 0.1) is 0 Å². The number of halogens is 2. The highest BCUT2D eigenvalue weighted by Crippen LogP contribution is 2.50. The maximum Gasteiger partial charge on any atom is 0.231 e. The molecule has 1 saturated carbocycles. The van der Waals surface area contributed by atoms with Gasteiger partial charge in [-0.2, -0.15) is 0 Å². The monoisotopic (exact) mass is 358 g/mol. The van der Waals surface area contributed by atoms with E-state index in [9.17, 15) is 4.79 Å². The van der Waals surface area contributed by atoms with Crippen LogP contribution in [0.4, 0.5) is 0 Å². The highest BCUT2D eigenvalue weighted by molar-refractivity contribution is 6.31. The second kappa shape index (κ2) is 5.83. The van der Waals surface area contributed by atoms with Gasteiger partial charge < -0.3 is 10.3 Å². The molecular formula is C19H16Cl2N2O. The van der Waals surface area contributed by atoms with E-state index in [0.29, 0.717) is 16.6 Å². The van der Waals surface area contributed by atoms with Crippen LogP contribution in [0.2, 0.25) is 10.0 Å². The zero-order valence-electron chi connectivity index (χ0n) is 12.9. The summed E-state index contributed by atoms with van der Waals surface area (Å²) in [6.45, 7) is 0.501. The first-order chi connectivity index (χ1) is 11.6. The summed E-state index contributed by atoms with van der Waals surface area (Å²) in [5.41, 5.74) is 2.64. The Bertz CT molecular complexity index is 911. The topological polar surface area (TPSA) is 44.9 Å². The molecule has 1 amide bonds. The summed E-state index contributed by atoms with van der Waals surface area (Å²) in [6.07, 6.45) is 3.66. The summed E-state index contributed by atoms with van der Waals surface area (Å²) in [7, 11) is 0. The van der Waals surface area contributed by atoms with Crippen molar-refractivity contribution in [2.24, 2.45) is 0 Å². The molecule has 0 aliphatic heterocycles. The Kier molecular flexibility index (Phi) is 3.78. The normalized spacial score (nSPS) is 15.4. The van der Waals surface area contributed by atoms with Gasteiger partial charge in [0.2, 0.25) is 5.91 Å². The lowest BCUT2D eigenvalue weighted by Gasteiger charge is -2.15. The Labute approximate surface area is 150 Å². The van der Waals surface area contributed by atoms with E-state index < -0.39 is 5.41 Å². The van der Waals surface area contributed by atoms with Gasteiger partial charge in [0.15, 0.2) is 0 Å². The molecule has 2 aromatic carbocycles. The molecule has 1 aromatic heterocycles. The van der Waals surface area contributed by atoms with E-state index in [1.165, 1.54) is 0 Å². The number of carbonyl (C=O) groups excluding carboxylic acids is 1. The van der Waals surface area contributed by atoms with Crippen LogP contribution in [0.5, 0.6) is 0 Å². The molecule has 0 radical (unpaired) electrons. The maximum atomic E-state index is 12.8. The molecule has 24 heavy (non-hydrogen) atoms. The van der Waals surface area contributed by atoms with Gasteiger partial charge in [0.05, 0.1) is 5.41 Å². The molecule has 1 aliphatic rings. The van der Waals surface area contributed by atoms with Crippen molar-refractivity contribution in [1.29, 1.82) is 0 Å². The third-order valence-electron chi connectivity index (χ3n) is 4.71. The molecular weight excluding hydrogens is 343 g/mol. The third-order valence-corrected chi connectivity index (χ3v) is 5.20. The summed E-state index contributed by atoms with van der Waals surface area (Å²) in [5.74, 6) is 0.0679. The number of amides is 1. The number of hydrogen-bond donors (Lipinski definition) is 2. The van der Waals surface area contributed by atoms with E-state index in [-0.39, 0.29) is 5.91 Å². The molecule has 4 rings (SSSR count). The van der Waals surface area contributed by atoms with E-state index >= 15 is 0 Å². The summed E-state index contributed by atoms with van der Waals surface area (Å²) in [4.78, 5) is 16.1. The van der Waals surface area contributed by atoms with Gasteiger partial charge in [0.1, 0.15) is 0 Å². The Morgan fingerprint density at radius 1 is 1.08 bits per heavy atom. The van der Waals surface area contributed by atoms with Crippen LogP contribution in [0.3, 0.4) is 0 Å². The van der Waals surface area contributed by atoms with Gasteiger partial charge in [0.25, 0.3) is 0 Å². The molecule has 122 valence electrons. The lowest BCUT2D eigenvalue weighted by molar-refractivity contribution is -0.123. The van der Waals surface area contributed by atoms with E-state index in [4.69, 9.17) is 23.2 Å². The van der Waals surface area contributed by atoms with Crippen molar-refractivity contribution in [3.63, 3.8) is 0 Å². The number of carbonyl (C=O) groups is 1. The van der Waals surface area contributed by atoms with Gasteiger partial charge in [-0.3, -0.25) is 4.79 Å². The highest BCUT2D eigenvalue weighted by atomic mass is 35.5. The highest BCUT2D eigenvalue weighted by Gasteiger charge is 2.52. The summed E-state index contributed by atoms with van der Waals surface area (Å²) in [6, 6.07) is 13.2. The van der Waals surface area contributed by atoms with Crippen LogP contribution < -0.4 is 5.32 Å². The lowest BCUT2D eigenvalue weighted by Crippen LogP contribution is -2.34. The summed E-state index contributed by atoms with van der Waals surface area (Å²) in [5, 5.41) is 5.46. The van der Waals surface area contributed by atoms with Crippen LogP contribution in [0.25, 0.3) is 10.9 Å². The molecule has 0 spiro atoms. The first-order valence-corrected chi connectivity index (χ1v) is 8.64. The van der Waals surface area contributed by atoms with Gasteiger partial charge >= 0.3 is 0 Å². The second-order valence-corrected chi connectivity index (χ2v) is 7.16. The van der Waals surface area contributed by atoms with Crippen molar-refractivity contribution in [3.8, 4) is 0 Å². The zero-order valence-corrected chi connectivity index (χ0v) is 14.4. The first kappa shape index (κ1) is 15.6. The quantitative estimate of drug-likeness (QED) is 0.689. The molecule has 1 fully saturated rings. The fraction of sp³-hybridized carbons (Fsp3) is 0.211. The number of benzene rings is 2. The minimum Gasteiger partial charge on any atom is -0.361 e. The number of nitrogens with one attached hydrogen (secondary N) is 2. The fourth-order valence-electron chi connectivity index (χ4n) is 3.19. The van der Waals surface area contributed by atoms with Gasteiger partial charge in [0, 0.05) is 33.7 Å². The Morgan fingerprint density at radius 2 is 1.79 bits per heavy atom. The van der Waals surface area contributed by atoms with Crippen LogP contribution in [-0.2, 0) is 16.8 Å². The van der Waals surface area contributed by atoms with E-state index in [0.717, 1.165) is 34.9 Å². The van der Waals surface area contributed by atoms with Gasteiger partial charge in [-0.05, 0) is 54.3 Å². The van der Waals surface area contributed by atoms with Gasteiger partial charge in [-0.25, -0.2) is 0 Å². The maximum absolute atomic E-state index is 12.8. The standard InChI is InChI=1S/C19H16Cl2N2O/c20-13-3-1-12(2-4-13)10-23-18(24)19(7-8-19)16-11-22-17-6-5-14(21)9-15(16)17/h1-6,9,11,22H,7-8,10H2,(H,23,24). The van der Waals surface area contributed by atoms with Crippen molar-refractivity contribution < 1.29 is 4.79 Å². The Balaban J connectivity index is 1.56. The number of hydrogen-bond acceptors (Lipinski definition) is 1. The number of fused-ring (bicyclic) bond motifs is 1. The van der Waals surface area contributed by atoms with Crippen LogP contribution >= 0.6 is 23.2 Å². The second-order valence-electron chi connectivity index (χ2n) is 6.28. The predicted octanol–water partition coefficient (Wildman–Crippen LogP) is 4.82. The Hall–Kier alpha value is -1.97. The minimum atomic E-state index is -0.435. The van der Waals surface area contributed by atoms with Gasteiger partial charge in [-0.1, -0.05) is 35.3 Å². The van der Waals surface area contributed by atoms with E-state index in [2.05, 4.69) is 10.3 Å². The molecule has 0 saturated heterocycles. The van der Waals surface area contributed by atoms with Crippen molar-refractivity contribution in [2.45, 2.75) is 24.8 Å². The van der Waals surface area contributed by atoms with Crippen molar-refractivity contribution in [2.75, 3.05) is 0 Å². The number of H-pyrrole nitrogens is 1. The van der Waals surface area contributed by atoms with E-state index in [1.807, 2.05) is 48.7 Å². The molecule has 0 unspecified atom stereocenters. The van der Waals surface area contributed by atoms with Crippen LogP contribution in [0.15, 0.2) is 48.7 Å².